The standard InChI is InChI=1S/C18H12BrF4N3O/c19-11-1-8(6-25-16(11)9-4-18(22,23)5-9)17(27)26-15-7-24-14-3-13(21)12(20)2-10(14)15/h1-3,6-7,9,24H,4-5H2,(H,26,27). The van der Waals surface area contributed by atoms with E-state index in [0.29, 0.717) is 21.1 Å². The van der Waals surface area contributed by atoms with E-state index in [-0.39, 0.29) is 30.0 Å². The fourth-order valence-corrected chi connectivity index (χ4v) is 3.82. The number of aromatic nitrogens is 2. The Morgan fingerprint density at radius 1 is 1.22 bits per heavy atom. The number of amides is 1. The van der Waals surface area contributed by atoms with Gasteiger partial charge in [0.05, 0.1) is 22.5 Å². The quantitative estimate of drug-likeness (QED) is 0.536. The smallest absolute Gasteiger partial charge is 0.257 e. The summed E-state index contributed by atoms with van der Waals surface area (Å²) in [7, 11) is 0. The highest BCUT2D eigenvalue weighted by atomic mass is 79.9. The average Bonchev–Trinajstić information content (AvgIpc) is 2.95. The zero-order valence-corrected chi connectivity index (χ0v) is 15.2. The van der Waals surface area contributed by atoms with Crippen LogP contribution in [0.1, 0.15) is 34.8 Å². The van der Waals surface area contributed by atoms with Gasteiger partial charge in [0, 0.05) is 47.1 Å². The Kier molecular flexibility index (Phi) is 4.21. The summed E-state index contributed by atoms with van der Waals surface area (Å²) in [6.07, 6.45) is 2.21. The van der Waals surface area contributed by atoms with Crippen LogP contribution in [0.3, 0.4) is 0 Å². The van der Waals surface area contributed by atoms with Crippen LogP contribution in [-0.2, 0) is 0 Å². The molecule has 1 aromatic carbocycles. The number of rotatable bonds is 3. The number of hydrogen-bond acceptors (Lipinski definition) is 2. The van der Waals surface area contributed by atoms with Crippen LogP contribution in [-0.4, -0.2) is 21.8 Å². The molecule has 9 heteroatoms. The molecule has 2 heterocycles. The summed E-state index contributed by atoms with van der Waals surface area (Å²) in [6, 6.07) is 3.50. The van der Waals surface area contributed by atoms with Crippen LogP contribution in [0.15, 0.2) is 35.1 Å². The second kappa shape index (κ2) is 6.33. The number of nitrogens with zero attached hydrogens (tertiary/aromatic N) is 1. The van der Waals surface area contributed by atoms with E-state index >= 15 is 0 Å². The predicted octanol–water partition coefficient (Wildman–Crippen LogP) is 5.37. The number of halogens is 5. The summed E-state index contributed by atoms with van der Waals surface area (Å²) >= 11 is 3.28. The van der Waals surface area contributed by atoms with Crippen molar-refractivity contribution in [2.75, 3.05) is 5.32 Å². The molecule has 0 radical (unpaired) electrons. The lowest BCUT2D eigenvalue weighted by Crippen LogP contribution is -2.34. The number of carbonyl (C=O) groups is 1. The molecular weight excluding hydrogens is 430 g/mol. The predicted molar refractivity (Wildman–Crippen MR) is 95.0 cm³/mol. The topological polar surface area (TPSA) is 57.8 Å². The number of pyridine rings is 1. The summed E-state index contributed by atoms with van der Waals surface area (Å²) < 4.78 is 53.3. The Balaban J connectivity index is 1.55. The van der Waals surface area contributed by atoms with Crippen molar-refractivity contribution in [2.24, 2.45) is 0 Å². The first-order valence-electron chi connectivity index (χ1n) is 8.04. The lowest BCUT2D eigenvalue weighted by molar-refractivity contribution is -0.0877. The minimum atomic E-state index is -2.66. The Morgan fingerprint density at radius 2 is 1.93 bits per heavy atom. The van der Waals surface area contributed by atoms with Gasteiger partial charge in [-0.25, -0.2) is 17.6 Å². The highest BCUT2D eigenvalue weighted by Crippen LogP contribution is 2.49. The SMILES string of the molecule is O=C(Nc1c[nH]c2cc(F)c(F)cc12)c1cnc(C2CC(F)(F)C2)c(Br)c1. The van der Waals surface area contributed by atoms with Gasteiger partial charge in [0.25, 0.3) is 5.91 Å². The number of hydrogen-bond donors (Lipinski definition) is 2. The molecule has 0 bridgehead atoms. The number of H-pyrrole nitrogens is 1. The third-order valence-corrected chi connectivity index (χ3v) is 5.21. The molecule has 1 saturated carbocycles. The second-order valence-corrected chi connectivity index (χ2v) is 7.37. The Hall–Kier alpha value is -2.42. The van der Waals surface area contributed by atoms with Crippen LogP contribution in [0.2, 0.25) is 0 Å². The molecule has 27 heavy (non-hydrogen) atoms. The van der Waals surface area contributed by atoms with E-state index in [9.17, 15) is 22.4 Å². The monoisotopic (exact) mass is 441 g/mol. The molecule has 140 valence electrons. The zero-order chi connectivity index (χ0) is 19.3. The molecule has 1 aliphatic carbocycles. The highest BCUT2D eigenvalue weighted by molar-refractivity contribution is 9.10. The van der Waals surface area contributed by atoms with Gasteiger partial charge in [-0.3, -0.25) is 9.78 Å². The fraction of sp³-hybridized carbons (Fsp3) is 0.222. The van der Waals surface area contributed by atoms with Crippen molar-refractivity contribution in [1.82, 2.24) is 9.97 Å². The van der Waals surface area contributed by atoms with Crippen molar-refractivity contribution >= 4 is 38.4 Å². The summed E-state index contributed by atoms with van der Waals surface area (Å²) in [5, 5.41) is 2.93. The normalized spacial score (nSPS) is 16.3. The van der Waals surface area contributed by atoms with E-state index in [4.69, 9.17) is 0 Å². The van der Waals surface area contributed by atoms with Crippen molar-refractivity contribution in [3.63, 3.8) is 0 Å². The van der Waals surface area contributed by atoms with Crippen LogP contribution in [0.5, 0.6) is 0 Å². The number of fused-ring (bicyclic) bond motifs is 1. The molecule has 2 N–H and O–H groups in total. The third kappa shape index (κ3) is 3.31. The van der Waals surface area contributed by atoms with Gasteiger partial charge in [0.15, 0.2) is 11.6 Å². The molecule has 0 saturated heterocycles. The third-order valence-electron chi connectivity index (χ3n) is 4.58. The number of benzene rings is 1. The largest absolute Gasteiger partial charge is 0.359 e. The van der Waals surface area contributed by atoms with Gasteiger partial charge in [-0.05, 0) is 28.1 Å². The first-order chi connectivity index (χ1) is 12.7. The van der Waals surface area contributed by atoms with Gasteiger partial charge in [-0.2, -0.15) is 0 Å². The Bertz CT molecular complexity index is 1060. The maximum atomic E-state index is 13.5. The van der Waals surface area contributed by atoms with E-state index in [1.54, 1.807) is 0 Å². The highest BCUT2D eigenvalue weighted by Gasteiger charge is 2.47. The van der Waals surface area contributed by atoms with Gasteiger partial charge in [0.2, 0.25) is 5.92 Å². The van der Waals surface area contributed by atoms with Gasteiger partial charge in [-0.15, -0.1) is 0 Å². The number of carbonyl (C=O) groups excluding carboxylic acids is 1. The minimum Gasteiger partial charge on any atom is -0.359 e. The van der Waals surface area contributed by atoms with E-state index in [2.05, 4.69) is 31.2 Å². The van der Waals surface area contributed by atoms with Gasteiger partial charge in [0.1, 0.15) is 0 Å². The van der Waals surface area contributed by atoms with E-state index in [0.717, 1.165) is 12.1 Å². The summed E-state index contributed by atoms with van der Waals surface area (Å²) in [5.74, 6) is -5.54. The molecule has 0 atom stereocenters. The molecule has 1 fully saturated rings. The molecule has 4 nitrogen and oxygen atoms in total. The molecule has 4 rings (SSSR count). The Labute approximate surface area is 159 Å². The van der Waals surface area contributed by atoms with Crippen molar-refractivity contribution in [3.8, 4) is 0 Å². The molecule has 0 spiro atoms. The van der Waals surface area contributed by atoms with Crippen LogP contribution in [0.25, 0.3) is 10.9 Å². The molecular formula is C18H12BrF4N3O. The fourth-order valence-electron chi connectivity index (χ4n) is 3.14. The minimum absolute atomic E-state index is 0.202. The van der Waals surface area contributed by atoms with Crippen molar-refractivity contribution in [1.29, 1.82) is 0 Å². The Morgan fingerprint density at radius 3 is 2.59 bits per heavy atom. The molecule has 3 aromatic rings. The molecule has 1 amide bonds. The van der Waals surface area contributed by atoms with Crippen LogP contribution in [0.4, 0.5) is 23.2 Å². The van der Waals surface area contributed by atoms with Crippen LogP contribution >= 0.6 is 15.9 Å². The second-order valence-electron chi connectivity index (χ2n) is 6.52. The summed E-state index contributed by atoms with van der Waals surface area (Å²) in [4.78, 5) is 19.4. The number of alkyl halides is 2. The maximum Gasteiger partial charge on any atom is 0.257 e. The first kappa shape index (κ1) is 18.0. The molecule has 2 aromatic heterocycles. The molecule has 0 unspecified atom stereocenters. The van der Waals surface area contributed by atoms with Gasteiger partial charge >= 0.3 is 0 Å². The number of nitrogens with one attached hydrogen (secondary N) is 2. The van der Waals surface area contributed by atoms with Crippen molar-refractivity contribution in [3.05, 3.63) is 58.0 Å². The molecule has 0 aliphatic heterocycles. The average molecular weight is 442 g/mol. The maximum absolute atomic E-state index is 13.5. The van der Waals surface area contributed by atoms with E-state index < -0.39 is 23.5 Å². The lowest BCUT2D eigenvalue weighted by Gasteiger charge is -2.34. The lowest BCUT2D eigenvalue weighted by atomic mass is 9.79. The molecule has 1 aliphatic rings. The van der Waals surface area contributed by atoms with Gasteiger partial charge in [-0.1, -0.05) is 0 Å². The van der Waals surface area contributed by atoms with E-state index in [1.807, 2.05) is 0 Å². The van der Waals surface area contributed by atoms with Crippen LogP contribution < -0.4 is 5.32 Å². The van der Waals surface area contributed by atoms with E-state index in [1.165, 1.54) is 18.5 Å². The van der Waals surface area contributed by atoms with Crippen molar-refractivity contribution in [2.45, 2.75) is 24.7 Å². The van der Waals surface area contributed by atoms with Gasteiger partial charge < -0.3 is 10.3 Å². The number of anilines is 1. The first-order valence-corrected chi connectivity index (χ1v) is 8.83. The van der Waals surface area contributed by atoms with Crippen LogP contribution in [0, 0.1) is 11.6 Å². The number of aromatic amines is 1. The summed E-state index contributed by atoms with van der Waals surface area (Å²) in [6.45, 7) is 0. The zero-order valence-electron chi connectivity index (χ0n) is 13.6. The summed E-state index contributed by atoms with van der Waals surface area (Å²) in [5.41, 5.74) is 1.31. The van der Waals surface area contributed by atoms with Crippen molar-refractivity contribution < 1.29 is 22.4 Å².